The van der Waals surface area contributed by atoms with Gasteiger partial charge in [-0.2, -0.15) is 0 Å². The molecule has 0 bridgehead atoms. The molecule has 0 aliphatic heterocycles. The number of benzene rings is 3. The lowest BCUT2D eigenvalue weighted by molar-refractivity contribution is -0.122. The third-order valence-electron chi connectivity index (χ3n) is 4.89. The normalized spacial score (nSPS) is 11.5. The maximum atomic E-state index is 12.6. The molecule has 0 aromatic heterocycles. The Morgan fingerprint density at radius 3 is 2.29 bits per heavy atom. The molecule has 3 rings (SSSR count). The van der Waals surface area contributed by atoms with Crippen molar-refractivity contribution in [2.45, 2.75) is 33.3 Å². The lowest BCUT2D eigenvalue weighted by Crippen LogP contribution is -2.30. The van der Waals surface area contributed by atoms with Gasteiger partial charge in [0.15, 0.2) is 6.10 Å². The molecule has 3 aromatic rings. The van der Waals surface area contributed by atoms with E-state index in [-0.39, 0.29) is 11.8 Å². The lowest BCUT2D eigenvalue weighted by atomic mass is 10.1. The molecule has 2 amide bonds. The zero-order valence-corrected chi connectivity index (χ0v) is 18.5. The van der Waals surface area contributed by atoms with Crippen molar-refractivity contribution in [2.75, 3.05) is 10.6 Å². The van der Waals surface area contributed by atoms with Crippen LogP contribution in [0.4, 0.5) is 11.4 Å². The predicted molar refractivity (Wildman–Crippen MR) is 125 cm³/mol. The molecule has 1 unspecified atom stereocenters. The third kappa shape index (κ3) is 5.86. The fourth-order valence-electron chi connectivity index (χ4n) is 3.11. The van der Waals surface area contributed by atoms with Crippen molar-refractivity contribution in [3.05, 3.63) is 88.4 Å². The first-order chi connectivity index (χ1) is 14.9. The van der Waals surface area contributed by atoms with Crippen LogP contribution in [0, 0.1) is 6.92 Å². The maximum Gasteiger partial charge on any atom is 0.265 e. The van der Waals surface area contributed by atoms with Gasteiger partial charge in [-0.1, -0.05) is 36.7 Å². The minimum atomic E-state index is -0.696. The SMILES string of the molecule is CCc1cccc(C)c1NC(=O)C(C)Oc1ccc(C(=O)Nc2ccc(Cl)cc2)cc1. The summed E-state index contributed by atoms with van der Waals surface area (Å²) >= 11 is 5.86. The Morgan fingerprint density at radius 2 is 1.65 bits per heavy atom. The van der Waals surface area contributed by atoms with Gasteiger partial charge in [0.25, 0.3) is 11.8 Å². The van der Waals surface area contributed by atoms with Crippen molar-refractivity contribution in [1.82, 2.24) is 0 Å². The van der Waals surface area contributed by atoms with E-state index in [0.29, 0.717) is 22.0 Å². The van der Waals surface area contributed by atoms with Gasteiger partial charge >= 0.3 is 0 Å². The summed E-state index contributed by atoms with van der Waals surface area (Å²) in [7, 11) is 0. The number of aryl methyl sites for hydroxylation is 2. The summed E-state index contributed by atoms with van der Waals surface area (Å²) in [6.45, 7) is 5.71. The number of nitrogens with one attached hydrogen (secondary N) is 2. The fraction of sp³-hybridized carbons (Fsp3) is 0.200. The first-order valence-corrected chi connectivity index (χ1v) is 10.5. The van der Waals surface area contributed by atoms with E-state index in [1.54, 1.807) is 55.5 Å². The summed E-state index contributed by atoms with van der Waals surface area (Å²) in [5, 5.41) is 6.38. The van der Waals surface area contributed by atoms with E-state index in [9.17, 15) is 9.59 Å². The molecule has 0 aliphatic rings. The second-order valence-corrected chi connectivity index (χ2v) is 7.63. The second kappa shape index (κ2) is 10.1. The highest BCUT2D eigenvalue weighted by Gasteiger charge is 2.17. The quantitative estimate of drug-likeness (QED) is 0.486. The smallest absolute Gasteiger partial charge is 0.265 e. The Kier molecular flexibility index (Phi) is 7.32. The van der Waals surface area contributed by atoms with Gasteiger partial charge < -0.3 is 15.4 Å². The summed E-state index contributed by atoms with van der Waals surface area (Å²) in [5.74, 6) is 0.0334. The minimum Gasteiger partial charge on any atom is -0.481 e. The van der Waals surface area contributed by atoms with E-state index in [4.69, 9.17) is 16.3 Å². The second-order valence-electron chi connectivity index (χ2n) is 7.20. The topological polar surface area (TPSA) is 67.4 Å². The summed E-state index contributed by atoms with van der Waals surface area (Å²) in [4.78, 5) is 25.0. The van der Waals surface area contributed by atoms with E-state index in [0.717, 1.165) is 23.2 Å². The van der Waals surface area contributed by atoms with Gasteiger partial charge in [-0.3, -0.25) is 9.59 Å². The molecular formula is C25H25ClN2O3. The van der Waals surface area contributed by atoms with Crippen molar-refractivity contribution in [2.24, 2.45) is 0 Å². The molecule has 3 aromatic carbocycles. The summed E-state index contributed by atoms with van der Waals surface area (Å²) in [5.41, 5.74) is 4.06. The van der Waals surface area contributed by atoms with Crippen molar-refractivity contribution in [3.63, 3.8) is 0 Å². The summed E-state index contributed by atoms with van der Waals surface area (Å²) in [6.07, 6.45) is 0.129. The van der Waals surface area contributed by atoms with Gasteiger partial charge in [0.2, 0.25) is 0 Å². The van der Waals surface area contributed by atoms with Crippen molar-refractivity contribution < 1.29 is 14.3 Å². The number of carbonyl (C=O) groups is 2. The number of ether oxygens (including phenoxy) is 1. The number of amides is 2. The Labute approximate surface area is 187 Å². The van der Waals surface area contributed by atoms with Crippen LogP contribution in [0.15, 0.2) is 66.7 Å². The molecule has 2 N–H and O–H groups in total. The maximum absolute atomic E-state index is 12.6. The Hall–Kier alpha value is -3.31. The van der Waals surface area contributed by atoms with Gasteiger partial charge in [0, 0.05) is 22.0 Å². The van der Waals surface area contributed by atoms with Gasteiger partial charge in [-0.15, -0.1) is 0 Å². The molecule has 0 heterocycles. The zero-order chi connectivity index (χ0) is 22.4. The van der Waals surface area contributed by atoms with Crippen LogP contribution in [0.5, 0.6) is 5.75 Å². The largest absolute Gasteiger partial charge is 0.481 e. The molecule has 0 saturated carbocycles. The van der Waals surface area contributed by atoms with E-state index in [2.05, 4.69) is 17.6 Å². The average molecular weight is 437 g/mol. The number of hydrogen-bond donors (Lipinski definition) is 2. The van der Waals surface area contributed by atoms with Gasteiger partial charge in [-0.05, 0) is 79.9 Å². The van der Waals surface area contributed by atoms with E-state index >= 15 is 0 Å². The fourth-order valence-corrected chi connectivity index (χ4v) is 3.23. The highest BCUT2D eigenvalue weighted by atomic mass is 35.5. The molecule has 31 heavy (non-hydrogen) atoms. The summed E-state index contributed by atoms with van der Waals surface area (Å²) < 4.78 is 5.77. The molecular weight excluding hydrogens is 412 g/mol. The molecule has 0 aliphatic carbocycles. The highest BCUT2D eigenvalue weighted by Crippen LogP contribution is 2.22. The molecule has 160 valence electrons. The molecule has 0 spiro atoms. The van der Waals surface area contributed by atoms with E-state index in [1.165, 1.54) is 0 Å². The first-order valence-electron chi connectivity index (χ1n) is 10.1. The van der Waals surface area contributed by atoms with E-state index < -0.39 is 6.10 Å². The Balaban J connectivity index is 1.60. The number of halogens is 1. The third-order valence-corrected chi connectivity index (χ3v) is 5.14. The molecule has 0 saturated heterocycles. The number of carbonyl (C=O) groups excluding carboxylic acids is 2. The van der Waals surface area contributed by atoms with Crippen LogP contribution in [0.3, 0.4) is 0 Å². The number of para-hydroxylation sites is 1. The van der Waals surface area contributed by atoms with Crippen LogP contribution in [-0.2, 0) is 11.2 Å². The lowest BCUT2D eigenvalue weighted by Gasteiger charge is -2.18. The van der Waals surface area contributed by atoms with E-state index in [1.807, 2.05) is 25.1 Å². The monoisotopic (exact) mass is 436 g/mol. The van der Waals surface area contributed by atoms with Crippen LogP contribution in [-0.4, -0.2) is 17.9 Å². The van der Waals surface area contributed by atoms with Crippen molar-refractivity contribution >= 4 is 34.8 Å². The minimum absolute atomic E-state index is 0.228. The summed E-state index contributed by atoms with van der Waals surface area (Å²) in [6, 6.07) is 19.5. The van der Waals surface area contributed by atoms with Crippen LogP contribution in [0.2, 0.25) is 5.02 Å². The molecule has 5 nitrogen and oxygen atoms in total. The van der Waals surface area contributed by atoms with Gasteiger partial charge in [0.05, 0.1) is 0 Å². The van der Waals surface area contributed by atoms with Gasteiger partial charge in [-0.25, -0.2) is 0 Å². The first kappa shape index (κ1) is 22.4. The number of anilines is 2. The zero-order valence-electron chi connectivity index (χ0n) is 17.7. The van der Waals surface area contributed by atoms with Crippen LogP contribution < -0.4 is 15.4 Å². The Morgan fingerprint density at radius 1 is 0.968 bits per heavy atom. The molecule has 1 atom stereocenters. The predicted octanol–water partition coefficient (Wildman–Crippen LogP) is 5.87. The average Bonchev–Trinajstić information content (AvgIpc) is 2.77. The molecule has 0 radical (unpaired) electrons. The number of rotatable bonds is 7. The van der Waals surface area contributed by atoms with Crippen LogP contribution in [0.1, 0.15) is 35.3 Å². The van der Waals surface area contributed by atoms with Crippen molar-refractivity contribution in [1.29, 1.82) is 0 Å². The molecule has 6 heteroatoms. The molecule has 0 fully saturated rings. The van der Waals surface area contributed by atoms with Crippen molar-refractivity contribution in [3.8, 4) is 5.75 Å². The highest BCUT2D eigenvalue weighted by molar-refractivity contribution is 6.30. The standard InChI is InChI=1S/C25H25ClN2O3/c1-4-18-7-5-6-16(2)23(18)28-24(29)17(3)31-22-14-8-19(9-15-22)25(30)27-21-12-10-20(26)11-13-21/h5-15,17H,4H2,1-3H3,(H,27,30)(H,28,29). The van der Waals surface area contributed by atoms with Crippen LogP contribution in [0.25, 0.3) is 0 Å². The Bertz CT molecular complexity index is 1060. The van der Waals surface area contributed by atoms with Gasteiger partial charge in [0.1, 0.15) is 5.75 Å². The van der Waals surface area contributed by atoms with Crippen LogP contribution >= 0.6 is 11.6 Å². The number of hydrogen-bond acceptors (Lipinski definition) is 3.